The minimum Gasteiger partial charge on any atom is -0.465 e. The maximum Gasteiger partial charge on any atom is 0.337 e. The maximum absolute atomic E-state index is 12.7. The number of carbonyl (C=O) groups is 1. The number of hydrogen-bond donors (Lipinski definition) is 2. The highest BCUT2D eigenvalue weighted by atomic mass is 32.2. The van der Waals surface area contributed by atoms with Gasteiger partial charge < -0.3 is 9.15 Å². The van der Waals surface area contributed by atoms with Gasteiger partial charge >= 0.3 is 5.97 Å². The monoisotopic (exact) mass is 375 g/mol. The molecule has 3 aromatic rings. The van der Waals surface area contributed by atoms with Gasteiger partial charge in [-0.1, -0.05) is 6.07 Å². The summed E-state index contributed by atoms with van der Waals surface area (Å²) in [5.41, 5.74) is 1.82. The third-order valence-corrected chi connectivity index (χ3v) is 5.14. The van der Waals surface area contributed by atoms with Crippen LogP contribution < -0.4 is 4.72 Å². The topological polar surface area (TPSA) is 114 Å². The van der Waals surface area contributed by atoms with Crippen LogP contribution in [0.4, 0.5) is 5.69 Å². The molecule has 9 heteroatoms. The summed E-state index contributed by atoms with van der Waals surface area (Å²) in [5.74, 6) is 0.0227. The molecule has 26 heavy (non-hydrogen) atoms. The number of H-pyrrole nitrogens is 1. The second-order valence-corrected chi connectivity index (χ2v) is 7.30. The van der Waals surface area contributed by atoms with Crippen LogP contribution in [-0.4, -0.2) is 31.7 Å². The molecule has 0 aliphatic carbocycles. The predicted octanol–water partition coefficient (Wildman–Crippen LogP) is 2.87. The van der Waals surface area contributed by atoms with Gasteiger partial charge in [0, 0.05) is 17.4 Å². The Labute approximate surface area is 150 Å². The van der Waals surface area contributed by atoms with Crippen molar-refractivity contribution < 1.29 is 22.4 Å². The Bertz CT molecular complexity index is 1070. The molecule has 0 saturated heterocycles. The van der Waals surface area contributed by atoms with E-state index in [1.54, 1.807) is 19.1 Å². The second kappa shape index (κ2) is 6.68. The van der Waals surface area contributed by atoms with E-state index in [1.165, 1.54) is 31.4 Å². The van der Waals surface area contributed by atoms with Gasteiger partial charge in [0.2, 0.25) is 0 Å². The van der Waals surface area contributed by atoms with Crippen LogP contribution in [0.3, 0.4) is 0 Å². The van der Waals surface area contributed by atoms with Gasteiger partial charge in [0.05, 0.1) is 12.7 Å². The van der Waals surface area contributed by atoms with E-state index in [0.29, 0.717) is 11.5 Å². The van der Waals surface area contributed by atoms with Crippen molar-refractivity contribution in [2.75, 3.05) is 11.8 Å². The Kier molecular flexibility index (Phi) is 4.56. The average Bonchev–Trinajstić information content (AvgIpc) is 3.20. The van der Waals surface area contributed by atoms with E-state index in [4.69, 9.17) is 4.42 Å². The van der Waals surface area contributed by atoms with E-state index >= 15 is 0 Å². The summed E-state index contributed by atoms with van der Waals surface area (Å²) < 4.78 is 38.0. The molecule has 3 rings (SSSR count). The van der Waals surface area contributed by atoms with E-state index in [1.807, 2.05) is 6.92 Å². The number of benzene rings is 1. The van der Waals surface area contributed by atoms with Crippen molar-refractivity contribution in [3.63, 3.8) is 0 Å². The van der Waals surface area contributed by atoms with Gasteiger partial charge in [0.25, 0.3) is 10.0 Å². The molecule has 0 bridgehead atoms. The van der Waals surface area contributed by atoms with Crippen molar-refractivity contribution in [3.05, 3.63) is 53.4 Å². The largest absolute Gasteiger partial charge is 0.465 e. The number of esters is 1. The average molecular weight is 375 g/mol. The summed E-state index contributed by atoms with van der Waals surface area (Å²) in [4.78, 5) is 11.6. The van der Waals surface area contributed by atoms with E-state index in [0.717, 1.165) is 5.69 Å². The smallest absolute Gasteiger partial charge is 0.337 e. The standard InChI is InChI=1S/C17H17N3O5S/c1-10-7-14(19-18-10)15-9-16(11(2)25-15)26(22,23)20-13-6-4-5-12(8-13)17(21)24-3/h4-9,20H,1-3H3,(H,18,19). The fourth-order valence-corrected chi connectivity index (χ4v) is 3.67. The van der Waals surface area contributed by atoms with E-state index in [9.17, 15) is 13.2 Å². The number of methoxy groups -OCH3 is 1. The van der Waals surface area contributed by atoms with Crippen molar-refractivity contribution >= 4 is 21.7 Å². The Morgan fingerprint density at radius 1 is 1.23 bits per heavy atom. The lowest BCUT2D eigenvalue weighted by molar-refractivity contribution is 0.0600. The summed E-state index contributed by atoms with van der Waals surface area (Å²) >= 11 is 0. The first kappa shape index (κ1) is 17.7. The molecule has 136 valence electrons. The maximum atomic E-state index is 12.7. The minimum absolute atomic E-state index is 0.00313. The van der Waals surface area contributed by atoms with E-state index in [-0.39, 0.29) is 21.9 Å². The Morgan fingerprint density at radius 3 is 2.65 bits per heavy atom. The highest BCUT2D eigenvalue weighted by molar-refractivity contribution is 7.92. The zero-order valence-electron chi connectivity index (χ0n) is 14.4. The predicted molar refractivity (Wildman–Crippen MR) is 94.4 cm³/mol. The lowest BCUT2D eigenvalue weighted by Gasteiger charge is -2.08. The molecule has 2 N–H and O–H groups in total. The van der Waals surface area contributed by atoms with E-state index in [2.05, 4.69) is 19.7 Å². The molecule has 0 aliphatic heterocycles. The fourth-order valence-electron chi connectivity index (χ4n) is 2.44. The molecule has 0 radical (unpaired) electrons. The zero-order valence-corrected chi connectivity index (χ0v) is 15.2. The third kappa shape index (κ3) is 3.47. The first-order chi connectivity index (χ1) is 12.3. The second-order valence-electron chi connectivity index (χ2n) is 5.65. The van der Waals surface area contributed by atoms with Gasteiger partial charge in [-0.25, -0.2) is 13.2 Å². The van der Waals surface area contributed by atoms with Crippen molar-refractivity contribution in [2.24, 2.45) is 0 Å². The number of hydrogen-bond acceptors (Lipinski definition) is 6. The number of furan rings is 1. The third-order valence-electron chi connectivity index (χ3n) is 3.66. The summed E-state index contributed by atoms with van der Waals surface area (Å²) in [6.07, 6.45) is 0. The van der Waals surface area contributed by atoms with Gasteiger partial charge in [-0.3, -0.25) is 9.82 Å². The van der Waals surface area contributed by atoms with Crippen LogP contribution in [0.25, 0.3) is 11.5 Å². The minimum atomic E-state index is -3.91. The van der Waals surface area contributed by atoms with Crippen molar-refractivity contribution in [1.29, 1.82) is 0 Å². The summed E-state index contributed by atoms with van der Waals surface area (Å²) in [6, 6.07) is 9.20. The van der Waals surface area contributed by atoms with Crippen LogP contribution >= 0.6 is 0 Å². The molecule has 0 fully saturated rings. The molecule has 1 aromatic carbocycles. The Hall–Kier alpha value is -3.07. The molecule has 2 heterocycles. The Balaban J connectivity index is 1.92. The molecule has 0 amide bonds. The van der Waals surface area contributed by atoms with Crippen LogP contribution in [0.15, 0.2) is 45.7 Å². The summed E-state index contributed by atoms with van der Waals surface area (Å²) in [6.45, 7) is 3.39. The van der Waals surface area contributed by atoms with Crippen LogP contribution in [0.1, 0.15) is 21.8 Å². The van der Waals surface area contributed by atoms with Gasteiger partial charge in [-0.2, -0.15) is 5.10 Å². The first-order valence-corrected chi connectivity index (χ1v) is 9.12. The highest BCUT2D eigenvalue weighted by Crippen LogP contribution is 2.28. The summed E-state index contributed by atoms with van der Waals surface area (Å²) in [5, 5.41) is 6.84. The van der Waals surface area contributed by atoms with Gasteiger partial charge in [0.1, 0.15) is 16.3 Å². The molecular weight excluding hydrogens is 358 g/mol. The molecule has 0 unspecified atom stereocenters. The number of carbonyl (C=O) groups excluding carboxylic acids is 1. The Morgan fingerprint density at radius 2 is 2.00 bits per heavy atom. The highest BCUT2D eigenvalue weighted by Gasteiger charge is 2.23. The number of anilines is 1. The summed E-state index contributed by atoms with van der Waals surface area (Å²) in [7, 11) is -2.65. The number of ether oxygens (including phenoxy) is 1. The van der Waals surface area contributed by atoms with Crippen LogP contribution in [0, 0.1) is 13.8 Å². The molecular formula is C17H17N3O5S. The SMILES string of the molecule is COC(=O)c1cccc(NS(=O)(=O)c2cc(-c3cc(C)[nH]n3)oc2C)c1. The van der Waals surface area contributed by atoms with Crippen LogP contribution in [0.2, 0.25) is 0 Å². The van der Waals surface area contributed by atoms with Crippen molar-refractivity contribution in [3.8, 4) is 11.5 Å². The lowest BCUT2D eigenvalue weighted by Crippen LogP contribution is -2.13. The fraction of sp³-hybridized carbons (Fsp3) is 0.176. The number of aromatic nitrogens is 2. The number of rotatable bonds is 5. The molecule has 8 nitrogen and oxygen atoms in total. The molecule has 0 aliphatic rings. The lowest BCUT2D eigenvalue weighted by atomic mass is 10.2. The van der Waals surface area contributed by atoms with Gasteiger partial charge in [-0.15, -0.1) is 0 Å². The van der Waals surface area contributed by atoms with Crippen molar-refractivity contribution in [1.82, 2.24) is 10.2 Å². The first-order valence-electron chi connectivity index (χ1n) is 7.64. The van der Waals surface area contributed by atoms with Crippen molar-refractivity contribution in [2.45, 2.75) is 18.7 Å². The molecule has 2 aromatic heterocycles. The number of nitrogens with zero attached hydrogens (tertiary/aromatic N) is 1. The number of aromatic amines is 1. The van der Waals surface area contributed by atoms with Crippen LogP contribution in [0.5, 0.6) is 0 Å². The molecule has 0 saturated carbocycles. The van der Waals surface area contributed by atoms with Gasteiger partial charge in [0.15, 0.2) is 5.76 Å². The van der Waals surface area contributed by atoms with Gasteiger partial charge in [-0.05, 0) is 38.1 Å². The quantitative estimate of drug-likeness (QED) is 0.663. The van der Waals surface area contributed by atoms with Crippen LogP contribution in [-0.2, 0) is 14.8 Å². The normalized spacial score (nSPS) is 11.3. The number of nitrogens with one attached hydrogen (secondary N) is 2. The number of aryl methyl sites for hydroxylation is 2. The number of sulfonamides is 1. The molecule has 0 spiro atoms. The zero-order chi connectivity index (χ0) is 18.9. The van der Waals surface area contributed by atoms with E-state index < -0.39 is 16.0 Å². The molecule has 0 atom stereocenters.